The van der Waals surface area contributed by atoms with Crippen LogP contribution in [0.2, 0.25) is 5.02 Å². The lowest BCUT2D eigenvalue weighted by atomic mass is 10.1. The molecule has 17 heavy (non-hydrogen) atoms. The summed E-state index contributed by atoms with van der Waals surface area (Å²) in [5, 5.41) is 10.7. The van der Waals surface area contributed by atoms with Gasteiger partial charge in [-0.05, 0) is 24.1 Å². The summed E-state index contributed by atoms with van der Waals surface area (Å²) >= 11 is 8.90. The molecule has 0 radical (unpaired) electrons. The second kappa shape index (κ2) is 5.26. The van der Waals surface area contributed by atoms with Gasteiger partial charge >= 0.3 is 0 Å². The van der Waals surface area contributed by atoms with Crippen LogP contribution in [0.1, 0.15) is 25.0 Å². The maximum absolute atomic E-state index is 11.7. The molecule has 1 aromatic carbocycles. The van der Waals surface area contributed by atoms with Gasteiger partial charge in [-0.2, -0.15) is 0 Å². The van der Waals surface area contributed by atoms with E-state index < -0.39 is 19.6 Å². The number of benzene rings is 1. The van der Waals surface area contributed by atoms with Crippen molar-refractivity contribution in [3.05, 3.63) is 34.9 Å². The van der Waals surface area contributed by atoms with Crippen LogP contribution in [-0.2, 0) is 9.84 Å². The average Bonchev–Trinajstić information content (AvgIpc) is 2.26. The number of rotatable bonds is 4. The van der Waals surface area contributed by atoms with Gasteiger partial charge in [0.1, 0.15) is 6.10 Å². The average molecular weight is 342 g/mol. The van der Waals surface area contributed by atoms with Crippen molar-refractivity contribution in [1.29, 1.82) is 0 Å². The Kier molecular flexibility index (Phi) is 4.63. The Hall–Kier alpha value is -0.100. The smallest absolute Gasteiger partial charge is 0.166 e. The molecule has 0 aliphatic heterocycles. The normalized spacial score (nSPS) is 17.5. The summed E-state index contributed by atoms with van der Waals surface area (Å²) in [7, 11) is -3.44. The van der Waals surface area contributed by atoms with Gasteiger partial charge in [-0.25, -0.2) is 8.42 Å². The molecule has 3 nitrogen and oxygen atoms in total. The van der Waals surface area contributed by atoms with E-state index in [1.54, 1.807) is 31.2 Å². The maximum atomic E-state index is 11.7. The summed E-state index contributed by atoms with van der Waals surface area (Å²) in [6.07, 6.45) is 0.222. The fourth-order valence-electron chi connectivity index (χ4n) is 1.55. The summed E-state index contributed by atoms with van der Waals surface area (Å²) < 4.78 is 22.1. The number of aliphatic hydroxyl groups excluding tert-OH is 1. The molecule has 2 unspecified atom stereocenters. The molecule has 0 heterocycles. The van der Waals surface area contributed by atoms with Crippen LogP contribution in [0.5, 0.6) is 0 Å². The Morgan fingerprint density at radius 2 is 1.88 bits per heavy atom. The van der Waals surface area contributed by atoms with Crippen molar-refractivity contribution in [3.63, 3.8) is 0 Å². The number of sulfone groups is 1. The Morgan fingerprint density at radius 1 is 1.41 bits per heavy atom. The van der Waals surface area contributed by atoms with Gasteiger partial charge in [-0.1, -0.05) is 46.6 Å². The van der Waals surface area contributed by atoms with Crippen LogP contribution < -0.4 is 0 Å². The quantitative estimate of drug-likeness (QED) is 0.857. The number of aliphatic hydroxyl groups is 1. The zero-order valence-electron chi connectivity index (χ0n) is 9.52. The van der Waals surface area contributed by atoms with Crippen LogP contribution in [0.25, 0.3) is 0 Å². The zero-order chi connectivity index (χ0) is 13.3. The van der Waals surface area contributed by atoms with E-state index in [9.17, 15) is 13.5 Å². The van der Waals surface area contributed by atoms with E-state index in [0.717, 1.165) is 6.26 Å². The lowest BCUT2D eigenvalue weighted by Crippen LogP contribution is -2.37. The van der Waals surface area contributed by atoms with Crippen LogP contribution in [0.15, 0.2) is 24.3 Å². The molecule has 0 amide bonds. The third kappa shape index (κ3) is 3.02. The van der Waals surface area contributed by atoms with E-state index in [1.165, 1.54) is 0 Å². The van der Waals surface area contributed by atoms with Gasteiger partial charge in [-0.3, -0.25) is 0 Å². The molecule has 2 atom stereocenters. The molecule has 0 fully saturated rings. The van der Waals surface area contributed by atoms with Crippen LogP contribution in [0.4, 0.5) is 0 Å². The van der Waals surface area contributed by atoms with Crippen molar-refractivity contribution >= 4 is 37.4 Å². The standard InChI is InChI=1S/C11H14BrClO3S/c1-3-11(12,17(2,15)16)10(14)8-4-6-9(13)7-5-8/h4-7,10,14H,3H2,1-2H3. The molecule has 1 aromatic rings. The topological polar surface area (TPSA) is 54.4 Å². The molecule has 0 aliphatic carbocycles. The van der Waals surface area contributed by atoms with Gasteiger partial charge in [0.15, 0.2) is 13.5 Å². The molecule has 0 aliphatic rings. The van der Waals surface area contributed by atoms with Gasteiger partial charge in [0.2, 0.25) is 0 Å². The Balaban J connectivity index is 3.19. The largest absolute Gasteiger partial charge is 0.386 e. The number of halogens is 2. The summed E-state index contributed by atoms with van der Waals surface area (Å²) in [6, 6.07) is 6.46. The van der Waals surface area contributed by atoms with Crippen molar-refractivity contribution in [3.8, 4) is 0 Å². The third-order valence-corrected chi connectivity index (χ3v) is 7.45. The van der Waals surface area contributed by atoms with Crippen molar-refractivity contribution in [2.75, 3.05) is 6.26 Å². The van der Waals surface area contributed by atoms with Gasteiger partial charge in [0, 0.05) is 11.3 Å². The molecule has 0 saturated heterocycles. The minimum atomic E-state index is -3.44. The van der Waals surface area contributed by atoms with E-state index in [1.807, 2.05) is 0 Å². The first kappa shape index (κ1) is 15.0. The second-order valence-electron chi connectivity index (χ2n) is 3.87. The molecule has 96 valence electrons. The number of hydrogen-bond acceptors (Lipinski definition) is 3. The predicted octanol–water partition coefficient (Wildman–Crippen LogP) is 2.92. The molecule has 0 spiro atoms. The minimum absolute atomic E-state index is 0.260. The van der Waals surface area contributed by atoms with E-state index in [4.69, 9.17) is 11.6 Å². The summed E-state index contributed by atoms with van der Waals surface area (Å²) in [4.78, 5) is 0. The minimum Gasteiger partial charge on any atom is -0.386 e. The Labute approximate surface area is 115 Å². The molecule has 0 bridgehead atoms. The SMILES string of the molecule is CCC(Br)(C(O)c1ccc(Cl)cc1)S(C)(=O)=O. The van der Waals surface area contributed by atoms with E-state index in [-0.39, 0.29) is 6.42 Å². The summed E-state index contributed by atoms with van der Waals surface area (Å²) in [5.41, 5.74) is 0.513. The third-order valence-electron chi connectivity index (χ3n) is 2.69. The van der Waals surface area contributed by atoms with E-state index in [0.29, 0.717) is 10.6 Å². The van der Waals surface area contributed by atoms with Crippen LogP contribution in [0.3, 0.4) is 0 Å². The molecular formula is C11H14BrClO3S. The molecule has 0 saturated carbocycles. The fraction of sp³-hybridized carbons (Fsp3) is 0.455. The van der Waals surface area contributed by atoms with Crippen molar-refractivity contribution < 1.29 is 13.5 Å². The fourth-order valence-corrected chi connectivity index (χ4v) is 3.01. The lowest BCUT2D eigenvalue weighted by Gasteiger charge is -2.29. The van der Waals surface area contributed by atoms with Gasteiger partial charge in [0.25, 0.3) is 0 Å². The van der Waals surface area contributed by atoms with Crippen molar-refractivity contribution in [1.82, 2.24) is 0 Å². The first-order chi connectivity index (χ1) is 7.72. The first-order valence-corrected chi connectivity index (χ1v) is 8.10. The van der Waals surface area contributed by atoms with Crippen LogP contribution >= 0.6 is 27.5 Å². The highest BCUT2D eigenvalue weighted by Crippen LogP contribution is 2.41. The van der Waals surface area contributed by atoms with E-state index >= 15 is 0 Å². The summed E-state index contributed by atoms with van der Waals surface area (Å²) in [5.74, 6) is 0. The lowest BCUT2D eigenvalue weighted by molar-refractivity contribution is 0.160. The molecule has 1 N–H and O–H groups in total. The highest BCUT2D eigenvalue weighted by atomic mass is 79.9. The second-order valence-corrected chi connectivity index (χ2v) is 8.52. The maximum Gasteiger partial charge on any atom is 0.166 e. The highest BCUT2D eigenvalue weighted by Gasteiger charge is 2.44. The van der Waals surface area contributed by atoms with Crippen LogP contribution in [-0.4, -0.2) is 23.4 Å². The van der Waals surface area contributed by atoms with E-state index in [2.05, 4.69) is 15.9 Å². The number of hydrogen-bond donors (Lipinski definition) is 1. The molecular weight excluding hydrogens is 328 g/mol. The van der Waals surface area contributed by atoms with Gasteiger partial charge < -0.3 is 5.11 Å². The Bertz CT molecular complexity index is 486. The Morgan fingerprint density at radius 3 is 2.24 bits per heavy atom. The van der Waals surface area contributed by atoms with Crippen LogP contribution in [0, 0.1) is 0 Å². The molecule has 0 aromatic heterocycles. The first-order valence-electron chi connectivity index (χ1n) is 5.04. The van der Waals surface area contributed by atoms with Crippen molar-refractivity contribution in [2.24, 2.45) is 0 Å². The van der Waals surface area contributed by atoms with Crippen molar-refractivity contribution in [2.45, 2.75) is 23.1 Å². The molecule has 1 rings (SSSR count). The highest BCUT2D eigenvalue weighted by molar-refractivity contribution is 9.11. The molecule has 6 heteroatoms. The van der Waals surface area contributed by atoms with Gasteiger partial charge in [0.05, 0.1) is 0 Å². The predicted molar refractivity (Wildman–Crippen MR) is 73.2 cm³/mol. The monoisotopic (exact) mass is 340 g/mol. The number of alkyl halides is 1. The van der Waals surface area contributed by atoms with Gasteiger partial charge in [-0.15, -0.1) is 0 Å². The zero-order valence-corrected chi connectivity index (χ0v) is 12.7. The summed E-state index contributed by atoms with van der Waals surface area (Å²) in [6.45, 7) is 1.70.